The molecular weight excluding hydrogens is 122 g/mol. The predicted molar refractivity (Wildman–Crippen MR) is 44.9 cm³/mol. The second-order valence-corrected chi connectivity index (χ2v) is 3.27. The van der Waals surface area contributed by atoms with E-state index in [-0.39, 0.29) is 0 Å². The van der Waals surface area contributed by atoms with Gasteiger partial charge in [-0.3, -0.25) is 0 Å². The van der Waals surface area contributed by atoms with Gasteiger partial charge in [-0.15, -0.1) is 0 Å². The first-order valence-corrected chi connectivity index (χ1v) is 4.32. The number of hydrogen-bond donors (Lipinski definition) is 0. The van der Waals surface area contributed by atoms with Gasteiger partial charge in [0.05, 0.1) is 0 Å². The smallest absolute Gasteiger partial charge is 0.00948 e. The second-order valence-electron chi connectivity index (χ2n) is 3.27. The van der Waals surface area contributed by atoms with Crippen molar-refractivity contribution in [3.63, 3.8) is 0 Å². The molecule has 0 spiro atoms. The molecule has 1 atom stereocenters. The van der Waals surface area contributed by atoms with E-state index in [1.54, 1.807) is 0 Å². The van der Waals surface area contributed by atoms with E-state index in [0.717, 1.165) is 6.04 Å². The van der Waals surface area contributed by atoms with Crippen molar-refractivity contribution in [3.05, 3.63) is 6.42 Å². The van der Waals surface area contributed by atoms with Crippen LogP contribution in [-0.4, -0.2) is 24.5 Å². The Morgan fingerprint density at radius 1 is 1.50 bits per heavy atom. The fraction of sp³-hybridized carbons (Fsp3) is 0.889. The van der Waals surface area contributed by atoms with Gasteiger partial charge in [-0.25, -0.2) is 0 Å². The molecule has 1 heteroatoms. The summed E-state index contributed by atoms with van der Waals surface area (Å²) in [5.74, 6) is 0. The van der Waals surface area contributed by atoms with Crippen molar-refractivity contribution >= 4 is 0 Å². The fourth-order valence-corrected chi connectivity index (χ4v) is 1.71. The Balaban J connectivity index is 2.25. The summed E-state index contributed by atoms with van der Waals surface area (Å²) in [7, 11) is 2.24. The van der Waals surface area contributed by atoms with E-state index < -0.39 is 0 Å². The van der Waals surface area contributed by atoms with Gasteiger partial charge in [0.15, 0.2) is 0 Å². The summed E-state index contributed by atoms with van der Waals surface area (Å²) >= 11 is 0. The first kappa shape index (κ1) is 8.06. The summed E-state index contributed by atoms with van der Waals surface area (Å²) < 4.78 is 0. The molecule has 1 aliphatic heterocycles. The van der Waals surface area contributed by atoms with Crippen molar-refractivity contribution in [1.82, 2.24) is 4.90 Å². The topological polar surface area (TPSA) is 3.24 Å². The van der Waals surface area contributed by atoms with E-state index in [0.29, 0.717) is 0 Å². The van der Waals surface area contributed by atoms with Crippen molar-refractivity contribution < 1.29 is 0 Å². The minimum absolute atomic E-state index is 0.846. The van der Waals surface area contributed by atoms with Crippen molar-refractivity contribution in [3.8, 4) is 0 Å². The maximum atomic E-state index is 2.49. The van der Waals surface area contributed by atoms with E-state index in [2.05, 4.69) is 25.3 Å². The van der Waals surface area contributed by atoms with Crippen LogP contribution in [-0.2, 0) is 0 Å². The van der Waals surface area contributed by atoms with E-state index in [9.17, 15) is 0 Å². The van der Waals surface area contributed by atoms with E-state index in [4.69, 9.17) is 0 Å². The van der Waals surface area contributed by atoms with E-state index >= 15 is 0 Å². The lowest BCUT2D eigenvalue weighted by atomic mass is 9.99. The van der Waals surface area contributed by atoms with Gasteiger partial charge in [-0.1, -0.05) is 13.3 Å². The molecule has 0 aromatic carbocycles. The van der Waals surface area contributed by atoms with Gasteiger partial charge in [0.1, 0.15) is 0 Å². The van der Waals surface area contributed by atoms with Gasteiger partial charge in [-0.2, -0.15) is 0 Å². The van der Waals surface area contributed by atoms with Crippen molar-refractivity contribution in [2.45, 2.75) is 38.6 Å². The largest absolute Gasteiger partial charge is 0.303 e. The summed E-state index contributed by atoms with van der Waals surface area (Å²) in [4.78, 5) is 2.49. The Morgan fingerprint density at radius 3 is 2.90 bits per heavy atom. The highest BCUT2D eigenvalue weighted by Gasteiger charge is 2.16. The molecule has 0 aromatic rings. The minimum atomic E-state index is 0.846. The van der Waals surface area contributed by atoms with Gasteiger partial charge in [0, 0.05) is 6.04 Å². The van der Waals surface area contributed by atoms with Crippen molar-refractivity contribution in [1.29, 1.82) is 0 Å². The summed E-state index contributed by atoms with van der Waals surface area (Å²) in [5, 5.41) is 0. The Kier molecular flexibility index (Phi) is 3.20. The normalized spacial score (nSPS) is 28.8. The number of rotatable bonds is 2. The zero-order chi connectivity index (χ0) is 7.40. The van der Waals surface area contributed by atoms with E-state index in [1.165, 1.54) is 32.2 Å². The zero-order valence-electron chi connectivity index (χ0n) is 7.14. The maximum Gasteiger partial charge on any atom is 0.00948 e. The van der Waals surface area contributed by atoms with Crippen LogP contribution < -0.4 is 0 Å². The molecule has 0 bridgehead atoms. The molecular formula is C9H18N. The molecule has 10 heavy (non-hydrogen) atoms. The molecule has 59 valence electrons. The lowest BCUT2D eigenvalue weighted by Gasteiger charge is -2.32. The number of nitrogens with zero attached hydrogens (tertiary/aromatic N) is 1. The Labute approximate surface area is 64.4 Å². The SMILES string of the molecule is C[CH]CC1CCCCN1C. The van der Waals surface area contributed by atoms with Crippen molar-refractivity contribution in [2.75, 3.05) is 13.6 Å². The summed E-state index contributed by atoms with van der Waals surface area (Å²) in [6.45, 7) is 3.46. The lowest BCUT2D eigenvalue weighted by molar-refractivity contribution is 0.184. The van der Waals surface area contributed by atoms with Gasteiger partial charge in [0.25, 0.3) is 0 Å². The van der Waals surface area contributed by atoms with Gasteiger partial charge in [0.2, 0.25) is 0 Å². The molecule has 1 heterocycles. The Bertz CT molecular complexity index is 88.7. The van der Waals surface area contributed by atoms with Crippen LogP contribution >= 0.6 is 0 Å². The molecule has 0 N–H and O–H groups in total. The van der Waals surface area contributed by atoms with Crippen LogP contribution in [0.3, 0.4) is 0 Å². The second kappa shape index (κ2) is 3.97. The molecule has 1 aliphatic rings. The van der Waals surface area contributed by atoms with Crippen LogP contribution in [0.15, 0.2) is 0 Å². The van der Waals surface area contributed by atoms with Crippen LogP contribution in [0, 0.1) is 6.42 Å². The van der Waals surface area contributed by atoms with Gasteiger partial charge in [-0.05, 0) is 39.3 Å². The Hall–Kier alpha value is -0.0400. The minimum Gasteiger partial charge on any atom is -0.303 e. The summed E-state index contributed by atoms with van der Waals surface area (Å²) in [6.07, 6.45) is 7.80. The highest BCUT2D eigenvalue weighted by atomic mass is 15.1. The number of piperidine rings is 1. The van der Waals surface area contributed by atoms with Crippen LogP contribution in [0.25, 0.3) is 0 Å². The van der Waals surface area contributed by atoms with Gasteiger partial charge >= 0.3 is 0 Å². The number of likely N-dealkylation sites (tertiary alicyclic amines) is 1. The quantitative estimate of drug-likeness (QED) is 0.567. The van der Waals surface area contributed by atoms with Gasteiger partial charge < -0.3 is 4.90 Å². The first-order chi connectivity index (χ1) is 4.84. The molecule has 1 rings (SSSR count). The molecule has 0 aromatic heterocycles. The predicted octanol–water partition coefficient (Wildman–Crippen LogP) is 2.08. The average Bonchev–Trinajstić information content (AvgIpc) is 1.94. The Morgan fingerprint density at radius 2 is 2.30 bits per heavy atom. The van der Waals surface area contributed by atoms with E-state index in [1.807, 2.05) is 0 Å². The average molecular weight is 140 g/mol. The maximum absolute atomic E-state index is 2.49. The summed E-state index contributed by atoms with van der Waals surface area (Å²) in [5.41, 5.74) is 0. The molecule has 1 fully saturated rings. The molecule has 1 nitrogen and oxygen atoms in total. The number of hydrogen-bond acceptors (Lipinski definition) is 1. The third-order valence-corrected chi connectivity index (χ3v) is 2.43. The molecule has 1 unspecified atom stereocenters. The third-order valence-electron chi connectivity index (χ3n) is 2.43. The van der Waals surface area contributed by atoms with Crippen LogP contribution in [0.4, 0.5) is 0 Å². The highest BCUT2D eigenvalue weighted by molar-refractivity contribution is 4.77. The third kappa shape index (κ3) is 1.98. The molecule has 1 saturated heterocycles. The van der Waals surface area contributed by atoms with Crippen LogP contribution in [0.5, 0.6) is 0 Å². The summed E-state index contributed by atoms with van der Waals surface area (Å²) in [6, 6.07) is 0.846. The highest BCUT2D eigenvalue weighted by Crippen LogP contribution is 2.17. The molecule has 0 saturated carbocycles. The monoisotopic (exact) mass is 140 g/mol. The lowest BCUT2D eigenvalue weighted by Crippen LogP contribution is -2.35. The first-order valence-electron chi connectivity index (χ1n) is 4.32. The zero-order valence-corrected chi connectivity index (χ0v) is 7.14. The molecule has 0 amide bonds. The van der Waals surface area contributed by atoms with Crippen molar-refractivity contribution in [2.24, 2.45) is 0 Å². The molecule has 1 radical (unpaired) electrons. The molecule has 0 aliphatic carbocycles. The van der Waals surface area contributed by atoms with Crippen LogP contribution in [0.1, 0.15) is 32.6 Å². The standard InChI is InChI=1S/C9H18N/c1-3-6-9-7-4-5-8-10(9)2/h3,9H,4-8H2,1-2H3. The fourth-order valence-electron chi connectivity index (χ4n) is 1.71. The van der Waals surface area contributed by atoms with Crippen LogP contribution in [0.2, 0.25) is 0 Å².